The molecule has 0 radical (unpaired) electrons. The monoisotopic (exact) mass is 278 g/mol. The normalized spacial score (nSPS) is 49.0. The van der Waals surface area contributed by atoms with Crippen LogP contribution in [0.2, 0.25) is 0 Å². The summed E-state index contributed by atoms with van der Waals surface area (Å²) >= 11 is 0. The van der Waals surface area contributed by atoms with Crippen LogP contribution in [0.4, 0.5) is 0 Å². The second kappa shape index (κ2) is 4.09. The summed E-state index contributed by atoms with van der Waals surface area (Å²) in [7, 11) is 0. The topological polar surface area (TPSA) is 46.5 Å². The Labute approximate surface area is 121 Å². The first-order valence-corrected chi connectivity index (χ1v) is 7.74. The number of carbonyl (C=O) groups excluding carboxylic acids is 1. The van der Waals surface area contributed by atoms with Crippen LogP contribution in [0.5, 0.6) is 0 Å². The molecule has 3 aliphatic rings. The molecule has 0 spiro atoms. The van der Waals surface area contributed by atoms with Crippen molar-refractivity contribution >= 4 is 5.97 Å². The van der Waals surface area contributed by atoms with E-state index in [0.29, 0.717) is 23.2 Å². The van der Waals surface area contributed by atoms with Crippen LogP contribution in [0.25, 0.3) is 0 Å². The summed E-state index contributed by atoms with van der Waals surface area (Å²) in [6, 6.07) is 0. The SMILES string of the molecule is C=C1CC[C@@H]2[C@H]([C@H]3[C@H]1C[C@@H](OC(C)=O)[C@@]3(C)O)C2(C)C. The van der Waals surface area contributed by atoms with Gasteiger partial charge >= 0.3 is 5.97 Å². The van der Waals surface area contributed by atoms with Crippen LogP contribution in [0.1, 0.15) is 47.0 Å². The van der Waals surface area contributed by atoms with Crippen molar-refractivity contribution < 1.29 is 14.6 Å². The van der Waals surface area contributed by atoms with Crippen LogP contribution < -0.4 is 0 Å². The van der Waals surface area contributed by atoms with Crippen LogP contribution in [-0.4, -0.2) is 22.8 Å². The van der Waals surface area contributed by atoms with Gasteiger partial charge in [0.1, 0.15) is 11.7 Å². The number of carbonyl (C=O) groups is 1. The first kappa shape index (κ1) is 14.1. The molecule has 0 amide bonds. The molecule has 0 aromatic rings. The van der Waals surface area contributed by atoms with Gasteiger partial charge < -0.3 is 9.84 Å². The van der Waals surface area contributed by atoms with Gasteiger partial charge in [0.2, 0.25) is 0 Å². The van der Waals surface area contributed by atoms with Gasteiger partial charge in [0.25, 0.3) is 0 Å². The van der Waals surface area contributed by atoms with E-state index in [0.717, 1.165) is 12.8 Å². The van der Waals surface area contributed by atoms with E-state index in [-0.39, 0.29) is 18.0 Å². The predicted octanol–water partition coefficient (Wildman–Crippen LogP) is 2.93. The molecule has 0 aromatic carbocycles. The van der Waals surface area contributed by atoms with E-state index in [9.17, 15) is 9.90 Å². The molecule has 3 saturated carbocycles. The quantitative estimate of drug-likeness (QED) is 0.592. The molecular formula is C17H26O3. The van der Waals surface area contributed by atoms with Crippen LogP contribution in [-0.2, 0) is 9.53 Å². The van der Waals surface area contributed by atoms with Crippen molar-refractivity contribution in [1.29, 1.82) is 0 Å². The fourth-order valence-corrected chi connectivity index (χ4v) is 5.22. The highest BCUT2D eigenvalue weighted by Crippen LogP contribution is 2.71. The fourth-order valence-electron chi connectivity index (χ4n) is 5.22. The van der Waals surface area contributed by atoms with Gasteiger partial charge in [-0.15, -0.1) is 0 Å². The lowest BCUT2D eigenvalue weighted by Gasteiger charge is -2.33. The molecule has 0 heterocycles. The third kappa shape index (κ3) is 1.78. The second-order valence-electron chi connectivity index (χ2n) is 7.84. The smallest absolute Gasteiger partial charge is 0.303 e. The van der Waals surface area contributed by atoms with E-state index in [1.807, 2.05) is 6.92 Å². The molecule has 1 N–H and O–H groups in total. The van der Waals surface area contributed by atoms with E-state index >= 15 is 0 Å². The Morgan fingerprint density at radius 2 is 2.00 bits per heavy atom. The van der Waals surface area contributed by atoms with Gasteiger partial charge in [-0.2, -0.15) is 0 Å². The van der Waals surface area contributed by atoms with Crippen molar-refractivity contribution in [2.24, 2.45) is 29.1 Å². The lowest BCUT2D eigenvalue weighted by Crippen LogP contribution is -2.44. The van der Waals surface area contributed by atoms with E-state index in [1.165, 1.54) is 18.9 Å². The predicted molar refractivity (Wildman–Crippen MR) is 76.9 cm³/mol. The Morgan fingerprint density at radius 1 is 1.35 bits per heavy atom. The number of aliphatic hydroxyl groups is 1. The number of hydrogen-bond acceptors (Lipinski definition) is 3. The molecule has 3 rings (SSSR count). The molecule has 0 saturated heterocycles. The molecule has 0 unspecified atom stereocenters. The van der Waals surface area contributed by atoms with Gasteiger partial charge in [-0.05, 0) is 49.4 Å². The number of ether oxygens (including phenoxy) is 1. The molecule has 20 heavy (non-hydrogen) atoms. The van der Waals surface area contributed by atoms with Crippen LogP contribution in [0.15, 0.2) is 12.2 Å². The summed E-state index contributed by atoms with van der Waals surface area (Å²) in [6.07, 6.45) is 2.59. The number of allylic oxidation sites excluding steroid dienone is 1. The maximum Gasteiger partial charge on any atom is 0.303 e. The Morgan fingerprint density at radius 3 is 2.60 bits per heavy atom. The summed E-state index contributed by atoms with van der Waals surface area (Å²) in [5.74, 6) is 1.39. The average Bonchev–Trinajstić information content (AvgIpc) is 2.79. The van der Waals surface area contributed by atoms with Crippen LogP contribution in [0.3, 0.4) is 0 Å². The first-order chi connectivity index (χ1) is 9.17. The van der Waals surface area contributed by atoms with E-state index in [1.54, 1.807) is 0 Å². The Balaban J connectivity index is 1.94. The number of rotatable bonds is 1. The van der Waals surface area contributed by atoms with Crippen molar-refractivity contribution in [2.45, 2.75) is 58.7 Å². The zero-order valence-corrected chi connectivity index (χ0v) is 13.0. The summed E-state index contributed by atoms with van der Waals surface area (Å²) in [5.41, 5.74) is 0.617. The number of esters is 1. The molecule has 3 aliphatic carbocycles. The highest BCUT2D eigenvalue weighted by Gasteiger charge is 2.69. The fraction of sp³-hybridized carbons (Fsp3) is 0.824. The lowest BCUT2D eigenvalue weighted by atomic mass is 9.77. The molecule has 3 heteroatoms. The minimum absolute atomic E-state index is 0.182. The van der Waals surface area contributed by atoms with Gasteiger partial charge in [0, 0.05) is 12.8 Å². The van der Waals surface area contributed by atoms with Crippen LogP contribution in [0, 0.1) is 29.1 Å². The third-order valence-electron chi connectivity index (χ3n) is 6.36. The third-order valence-corrected chi connectivity index (χ3v) is 6.36. The van der Waals surface area contributed by atoms with Crippen LogP contribution >= 0.6 is 0 Å². The zero-order chi connectivity index (χ0) is 14.9. The Bertz CT molecular complexity index is 463. The number of fused-ring (bicyclic) bond motifs is 3. The minimum Gasteiger partial charge on any atom is -0.459 e. The standard InChI is InChI=1S/C17H26O3/c1-9-6-7-12-15(16(12,3)4)14-11(9)8-13(17(14,5)19)20-10(2)18/h11-15,19H,1,6-8H2,2-5H3/t11-,12+,13+,14+,15+,17+/m0/s1. The average molecular weight is 278 g/mol. The molecule has 0 bridgehead atoms. The van der Waals surface area contributed by atoms with Gasteiger partial charge in [0.15, 0.2) is 0 Å². The molecule has 112 valence electrons. The van der Waals surface area contributed by atoms with E-state index in [2.05, 4.69) is 20.4 Å². The largest absolute Gasteiger partial charge is 0.459 e. The molecule has 6 atom stereocenters. The highest BCUT2D eigenvalue weighted by molar-refractivity contribution is 5.66. The summed E-state index contributed by atoms with van der Waals surface area (Å²) in [5, 5.41) is 11.1. The van der Waals surface area contributed by atoms with Gasteiger partial charge in [-0.3, -0.25) is 4.79 Å². The molecule has 3 fully saturated rings. The van der Waals surface area contributed by atoms with Gasteiger partial charge in [0.05, 0.1) is 0 Å². The zero-order valence-electron chi connectivity index (χ0n) is 13.0. The van der Waals surface area contributed by atoms with Crippen molar-refractivity contribution in [1.82, 2.24) is 0 Å². The van der Waals surface area contributed by atoms with Crippen molar-refractivity contribution in [3.05, 3.63) is 12.2 Å². The highest BCUT2D eigenvalue weighted by atomic mass is 16.6. The van der Waals surface area contributed by atoms with Crippen molar-refractivity contribution in [2.75, 3.05) is 0 Å². The van der Waals surface area contributed by atoms with Gasteiger partial charge in [-0.1, -0.05) is 26.0 Å². The van der Waals surface area contributed by atoms with E-state index in [4.69, 9.17) is 4.74 Å². The maximum absolute atomic E-state index is 11.3. The molecular weight excluding hydrogens is 252 g/mol. The second-order valence-corrected chi connectivity index (χ2v) is 7.84. The molecule has 0 aromatic heterocycles. The van der Waals surface area contributed by atoms with Crippen molar-refractivity contribution in [3.8, 4) is 0 Å². The molecule has 3 nitrogen and oxygen atoms in total. The summed E-state index contributed by atoms with van der Waals surface area (Å²) < 4.78 is 5.41. The Kier molecular flexibility index (Phi) is 2.89. The summed E-state index contributed by atoms with van der Waals surface area (Å²) in [6.45, 7) is 12.1. The van der Waals surface area contributed by atoms with E-state index < -0.39 is 5.60 Å². The lowest BCUT2D eigenvalue weighted by molar-refractivity contribution is -0.161. The van der Waals surface area contributed by atoms with Crippen molar-refractivity contribution in [3.63, 3.8) is 0 Å². The minimum atomic E-state index is -0.930. The maximum atomic E-state index is 11.3. The van der Waals surface area contributed by atoms with Gasteiger partial charge in [-0.25, -0.2) is 0 Å². The first-order valence-electron chi connectivity index (χ1n) is 7.74. The Hall–Kier alpha value is -0.830. The molecule has 0 aliphatic heterocycles. The summed E-state index contributed by atoms with van der Waals surface area (Å²) in [4.78, 5) is 11.3. The number of hydrogen-bond donors (Lipinski definition) is 1.